The minimum absolute atomic E-state index is 0.138. The first-order valence-corrected chi connectivity index (χ1v) is 8.52. The lowest BCUT2D eigenvalue weighted by Gasteiger charge is -2.06. The van der Waals surface area contributed by atoms with Crippen molar-refractivity contribution in [3.63, 3.8) is 0 Å². The summed E-state index contributed by atoms with van der Waals surface area (Å²) < 4.78 is 14.7. The number of carbonyl (C=O) groups excluding carboxylic acids is 2. The summed E-state index contributed by atoms with van der Waals surface area (Å²) in [6.07, 6.45) is 2.28. The van der Waals surface area contributed by atoms with Crippen molar-refractivity contribution in [1.82, 2.24) is 20.4 Å². The van der Waals surface area contributed by atoms with Crippen molar-refractivity contribution in [2.24, 2.45) is 0 Å². The highest BCUT2D eigenvalue weighted by Crippen LogP contribution is 2.09. The normalized spacial score (nSPS) is 10.4. The van der Waals surface area contributed by atoms with Crippen LogP contribution in [0.3, 0.4) is 0 Å². The van der Waals surface area contributed by atoms with Crippen molar-refractivity contribution in [3.05, 3.63) is 83.9 Å². The van der Waals surface area contributed by atoms with Gasteiger partial charge in [-0.15, -0.1) is 0 Å². The van der Waals surface area contributed by atoms with E-state index in [0.29, 0.717) is 12.2 Å². The van der Waals surface area contributed by atoms with Gasteiger partial charge in [-0.2, -0.15) is 5.10 Å². The average Bonchev–Trinajstić information content (AvgIpc) is 3.17. The second-order valence-electron chi connectivity index (χ2n) is 5.89. The van der Waals surface area contributed by atoms with Gasteiger partial charge in [-0.25, -0.2) is 9.07 Å². The van der Waals surface area contributed by atoms with E-state index in [-0.39, 0.29) is 24.0 Å². The van der Waals surface area contributed by atoms with Gasteiger partial charge in [0.25, 0.3) is 5.91 Å². The van der Waals surface area contributed by atoms with Crippen LogP contribution in [0.25, 0.3) is 5.69 Å². The van der Waals surface area contributed by atoms with E-state index in [1.807, 2.05) is 30.3 Å². The van der Waals surface area contributed by atoms with Crippen LogP contribution in [-0.2, 0) is 11.2 Å². The van der Waals surface area contributed by atoms with E-state index >= 15 is 0 Å². The topological polar surface area (TPSA) is 76.0 Å². The number of rotatable bonds is 7. The quantitative estimate of drug-likeness (QED) is 0.672. The number of nitrogens with one attached hydrogen (secondary N) is 2. The zero-order valence-corrected chi connectivity index (χ0v) is 14.6. The van der Waals surface area contributed by atoms with Crippen molar-refractivity contribution in [2.75, 3.05) is 13.1 Å². The SMILES string of the molecule is O=C(CNC(=O)c1ccn(-c2cccc(F)c2)n1)NCCc1ccccc1. The lowest BCUT2D eigenvalue weighted by molar-refractivity contribution is -0.120. The Labute approximate surface area is 156 Å². The molecule has 2 N–H and O–H groups in total. The maximum absolute atomic E-state index is 13.3. The Morgan fingerprint density at radius 1 is 1.00 bits per heavy atom. The number of hydrogen-bond acceptors (Lipinski definition) is 3. The molecule has 0 aliphatic rings. The van der Waals surface area contributed by atoms with Crippen molar-refractivity contribution in [1.29, 1.82) is 0 Å². The van der Waals surface area contributed by atoms with Crippen LogP contribution in [0.5, 0.6) is 0 Å². The summed E-state index contributed by atoms with van der Waals surface area (Å²) in [4.78, 5) is 24.0. The van der Waals surface area contributed by atoms with Gasteiger partial charge in [0.2, 0.25) is 5.91 Å². The van der Waals surface area contributed by atoms with E-state index in [1.54, 1.807) is 18.3 Å². The summed E-state index contributed by atoms with van der Waals surface area (Å²) in [6, 6.07) is 17.2. The van der Waals surface area contributed by atoms with Crippen LogP contribution < -0.4 is 10.6 Å². The molecule has 0 saturated heterocycles. The van der Waals surface area contributed by atoms with Crippen LogP contribution in [0.15, 0.2) is 66.9 Å². The fourth-order valence-corrected chi connectivity index (χ4v) is 2.51. The van der Waals surface area contributed by atoms with Crippen molar-refractivity contribution in [2.45, 2.75) is 6.42 Å². The van der Waals surface area contributed by atoms with E-state index < -0.39 is 5.91 Å². The first kappa shape index (κ1) is 18.3. The highest BCUT2D eigenvalue weighted by atomic mass is 19.1. The summed E-state index contributed by atoms with van der Waals surface area (Å²) in [7, 11) is 0. The molecule has 0 saturated carbocycles. The van der Waals surface area contributed by atoms with E-state index in [4.69, 9.17) is 0 Å². The van der Waals surface area contributed by atoms with Gasteiger partial charge in [0.15, 0.2) is 5.69 Å². The molecule has 0 fully saturated rings. The van der Waals surface area contributed by atoms with Gasteiger partial charge in [0.05, 0.1) is 12.2 Å². The summed E-state index contributed by atoms with van der Waals surface area (Å²) in [5.74, 6) is -1.13. The molecule has 1 aromatic heterocycles. The highest BCUT2D eigenvalue weighted by molar-refractivity contribution is 5.94. The Morgan fingerprint density at radius 3 is 2.59 bits per heavy atom. The van der Waals surface area contributed by atoms with Gasteiger partial charge in [-0.3, -0.25) is 9.59 Å². The third-order valence-electron chi connectivity index (χ3n) is 3.88. The Balaban J connectivity index is 1.46. The minimum atomic E-state index is -0.469. The van der Waals surface area contributed by atoms with Crippen LogP contribution in [0.2, 0.25) is 0 Å². The van der Waals surface area contributed by atoms with Crippen molar-refractivity contribution < 1.29 is 14.0 Å². The molecule has 0 atom stereocenters. The van der Waals surface area contributed by atoms with Gasteiger partial charge >= 0.3 is 0 Å². The molecule has 0 aliphatic carbocycles. The summed E-state index contributed by atoms with van der Waals surface area (Å²) in [5.41, 5.74) is 1.79. The number of benzene rings is 2. The van der Waals surface area contributed by atoms with E-state index in [2.05, 4.69) is 15.7 Å². The molecular formula is C20H19FN4O2. The zero-order chi connectivity index (χ0) is 19.1. The zero-order valence-electron chi connectivity index (χ0n) is 14.6. The van der Waals surface area contributed by atoms with Crippen LogP contribution in [0, 0.1) is 5.82 Å². The molecule has 27 heavy (non-hydrogen) atoms. The van der Waals surface area contributed by atoms with Gasteiger partial charge in [-0.1, -0.05) is 36.4 Å². The van der Waals surface area contributed by atoms with Crippen LogP contribution in [0.4, 0.5) is 4.39 Å². The van der Waals surface area contributed by atoms with Gasteiger partial charge in [0, 0.05) is 12.7 Å². The van der Waals surface area contributed by atoms with Crippen molar-refractivity contribution in [3.8, 4) is 5.69 Å². The average molecular weight is 366 g/mol. The number of hydrogen-bond donors (Lipinski definition) is 2. The van der Waals surface area contributed by atoms with Crippen LogP contribution in [0.1, 0.15) is 16.1 Å². The lowest BCUT2D eigenvalue weighted by atomic mass is 10.1. The largest absolute Gasteiger partial charge is 0.354 e. The lowest BCUT2D eigenvalue weighted by Crippen LogP contribution is -2.37. The molecule has 7 heteroatoms. The fraction of sp³-hybridized carbons (Fsp3) is 0.150. The van der Waals surface area contributed by atoms with Crippen LogP contribution in [-0.4, -0.2) is 34.7 Å². The number of aromatic nitrogens is 2. The predicted octanol–water partition coefficient (Wildman–Crippen LogP) is 2.10. The Kier molecular flexibility index (Phi) is 5.94. The fourth-order valence-electron chi connectivity index (χ4n) is 2.51. The third-order valence-corrected chi connectivity index (χ3v) is 3.88. The first-order valence-electron chi connectivity index (χ1n) is 8.52. The van der Waals surface area contributed by atoms with E-state index in [0.717, 1.165) is 12.0 Å². The maximum atomic E-state index is 13.3. The second-order valence-corrected chi connectivity index (χ2v) is 5.89. The van der Waals surface area contributed by atoms with E-state index in [9.17, 15) is 14.0 Å². The first-order chi connectivity index (χ1) is 13.1. The molecule has 138 valence electrons. The Bertz CT molecular complexity index is 924. The summed E-state index contributed by atoms with van der Waals surface area (Å²) in [6.45, 7) is 0.355. The van der Waals surface area contributed by atoms with Gasteiger partial charge in [0.1, 0.15) is 5.82 Å². The minimum Gasteiger partial charge on any atom is -0.354 e. The van der Waals surface area contributed by atoms with Crippen LogP contribution >= 0.6 is 0 Å². The Hall–Kier alpha value is -3.48. The molecule has 6 nitrogen and oxygen atoms in total. The van der Waals surface area contributed by atoms with Gasteiger partial charge < -0.3 is 10.6 Å². The predicted molar refractivity (Wildman–Crippen MR) is 99.0 cm³/mol. The number of halogens is 1. The molecule has 0 aliphatic heterocycles. The molecule has 1 heterocycles. The molecule has 0 bridgehead atoms. The molecule has 0 radical (unpaired) electrons. The molecular weight excluding hydrogens is 347 g/mol. The third kappa shape index (κ3) is 5.24. The highest BCUT2D eigenvalue weighted by Gasteiger charge is 2.12. The monoisotopic (exact) mass is 366 g/mol. The maximum Gasteiger partial charge on any atom is 0.272 e. The second kappa shape index (κ2) is 8.75. The van der Waals surface area contributed by atoms with Gasteiger partial charge in [-0.05, 0) is 36.2 Å². The molecule has 0 spiro atoms. The molecule has 2 amide bonds. The smallest absolute Gasteiger partial charge is 0.272 e. The molecule has 0 unspecified atom stereocenters. The molecule has 3 rings (SSSR count). The molecule has 3 aromatic rings. The number of nitrogens with zero attached hydrogens (tertiary/aromatic N) is 2. The molecule has 2 aromatic carbocycles. The number of carbonyl (C=O) groups is 2. The Morgan fingerprint density at radius 2 is 1.81 bits per heavy atom. The summed E-state index contributed by atoms with van der Waals surface area (Å²) in [5, 5.41) is 9.38. The van der Waals surface area contributed by atoms with Crippen molar-refractivity contribution >= 4 is 11.8 Å². The summed E-state index contributed by atoms with van der Waals surface area (Å²) >= 11 is 0. The van der Waals surface area contributed by atoms with E-state index in [1.165, 1.54) is 22.9 Å². The number of amides is 2. The standard InChI is InChI=1S/C20H19FN4O2/c21-16-7-4-8-17(13-16)25-12-10-18(24-25)20(27)23-14-19(26)22-11-9-15-5-2-1-3-6-15/h1-8,10,12-13H,9,11,14H2,(H,22,26)(H,23,27).